The molecule has 0 aliphatic rings. The highest BCUT2D eigenvalue weighted by atomic mass is 35.5. The van der Waals surface area contributed by atoms with Gasteiger partial charge >= 0.3 is 0 Å². The van der Waals surface area contributed by atoms with Crippen molar-refractivity contribution < 1.29 is 4.79 Å². The number of halogens is 2. The molecule has 0 saturated heterocycles. The first kappa shape index (κ1) is 15.2. The fraction of sp³-hybridized carbons (Fsp3) is 0.364. The maximum atomic E-state index is 11.4. The van der Waals surface area contributed by atoms with Gasteiger partial charge in [0.2, 0.25) is 5.91 Å². The lowest BCUT2D eigenvalue weighted by Gasteiger charge is -2.04. The van der Waals surface area contributed by atoms with Gasteiger partial charge in [0.15, 0.2) is 0 Å². The van der Waals surface area contributed by atoms with Gasteiger partial charge in [0.25, 0.3) is 0 Å². The zero-order valence-electron chi connectivity index (χ0n) is 9.13. The number of benzene rings is 1. The minimum absolute atomic E-state index is 0. The van der Waals surface area contributed by atoms with E-state index < -0.39 is 0 Å². The Morgan fingerprint density at radius 1 is 1.25 bits per heavy atom. The van der Waals surface area contributed by atoms with E-state index in [0.717, 1.165) is 12.1 Å². The molecule has 2 N–H and O–H groups in total. The second-order valence-corrected chi connectivity index (χ2v) is 3.69. The molecule has 0 aliphatic carbocycles. The molecular weight excluding hydrogens is 247 g/mol. The Morgan fingerprint density at radius 3 is 2.44 bits per heavy atom. The number of amides is 1. The van der Waals surface area contributed by atoms with Gasteiger partial charge in [0.1, 0.15) is 0 Å². The van der Waals surface area contributed by atoms with Crippen molar-refractivity contribution in [3.05, 3.63) is 34.9 Å². The summed E-state index contributed by atoms with van der Waals surface area (Å²) in [5.74, 6) is 0.0348. The summed E-state index contributed by atoms with van der Waals surface area (Å²) in [6, 6.07) is 7.30. The fourth-order valence-corrected chi connectivity index (χ4v) is 1.30. The minimum atomic E-state index is 0. The average molecular weight is 263 g/mol. The SMILES string of the molecule is CNCCNC(=O)Cc1ccc(Cl)cc1.Cl. The minimum Gasteiger partial charge on any atom is -0.355 e. The van der Waals surface area contributed by atoms with Crippen molar-refractivity contribution in [1.82, 2.24) is 10.6 Å². The van der Waals surface area contributed by atoms with E-state index in [-0.39, 0.29) is 18.3 Å². The van der Waals surface area contributed by atoms with Crippen LogP contribution in [0, 0.1) is 0 Å². The molecule has 1 rings (SSSR count). The smallest absolute Gasteiger partial charge is 0.224 e. The summed E-state index contributed by atoms with van der Waals surface area (Å²) < 4.78 is 0. The number of carbonyl (C=O) groups is 1. The lowest BCUT2D eigenvalue weighted by molar-refractivity contribution is -0.120. The van der Waals surface area contributed by atoms with E-state index >= 15 is 0 Å². The lowest BCUT2D eigenvalue weighted by Crippen LogP contribution is -2.31. The first-order valence-electron chi connectivity index (χ1n) is 4.88. The van der Waals surface area contributed by atoms with Gasteiger partial charge in [-0.2, -0.15) is 0 Å². The van der Waals surface area contributed by atoms with Crippen LogP contribution in [0.3, 0.4) is 0 Å². The molecule has 0 aromatic heterocycles. The molecule has 0 heterocycles. The number of hydrogen-bond donors (Lipinski definition) is 2. The zero-order valence-corrected chi connectivity index (χ0v) is 10.7. The van der Waals surface area contributed by atoms with E-state index in [9.17, 15) is 4.79 Å². The van der Waals surface area contributed by atoms with Gasteiger partial charge in [-0.05, 0) is 24.7 Å². The number of likely N-dealkylation sites (N-methyl/N-ethyl adjacent to an activating group) is 1. The van der Waals surface area contributed by atoms with Crippen molar-refractivity contribution in [3.63, 3.8) is 0 Å². The van der Waals surface area contributed by atoms with Gasteiger partial charge < -0.3 is 10.6 Å². The lowest BCUT2D eigenvalue weighted by atomic mass is 10.1. The van der Waals surface area contributed by atoms with Crippen molar-refractivity contribution in [3.8, 4) is 0 Å². The van der Waals surface area contributed by atoms with Crippen LogP contribution in [-0.4, -0.2) is 26.0 Å². The van der Waals surface area contributed by atoms with E-state index in [2.05, 4.69) is 10.6 Å². The van der Waals surface area contributed by atoms with Crippen LogP contribution in [-0.2, 0) is 11.2 Å². The maximum absolute atomic E-state index is 11.4. The second-order valence-electron chi connectivity index (χ2n) is 3.26. The molecular formula is C11H16Cl2N2O. The number of nitrogens with one attached hydrogen (secondary N) is 2. The monoisotopic (exact) mass is 262 g/mol. The largest absolute Gasteiger partial charge is 0.355 e. The molecule has 90 valence electrons. The molecule has 0 atom stereocenters. The highest BCUT2D eigenvalue weighted by Crippen LogP contribution is 2.09. The third-order valence-corrected chi connectivity index (χ3v) is 2.23. The predicted molar refractivity (Wildman–Crippen MR) is 69.3 cm³/mol. The van der Waals surface area contributed by atoms with Crippen molar-refractivity contribution in [2.75, 3.05) is 20.1 Å². The van der Waals surface area contributed by atoms with E-state index in [4.69, 9.17) is 11.6 Å². The molecule has 0 bridgehead atoms. The summed E-state index contributed by atoms with van der Waals surface area (Å²) in [6.07, 6.45) is 0.404. The summed E-state index contributed by atoms with van der Waals surface area (Å²) in [5, 5.41) is 6.46. The normalized spacial score (nSPS) is 9.38. The van der Waals surface area contributed by atoms with Crippen molar-refractivity contribution in [1.29, 1.82) is 0 Å². The summed E-state index contributed by atoms with van der Waals surface area (Å²) >= 11 is 5.74. The molecule has 16 heavy (non-hydrogen) atoms. The molecule has 0 spiro atoms. The Morgan fingerprint density at radius 2 is 1.88 bits per heavy atom. The van der Waals surface area contributed by atoms with Crippen LogP contribution in [0.15, 0.2) is 24.3 Å². The first-order chi connectivity index (χ1) is 7.22. The average Bonchev–Trinajstić information content (AvgIpc) is 2.22. The summed E-state index contributed by atoms with van der Waals surface area (Å²) in [5.41, 5.74) is 0.973. The molecule has 0 radical (unpaired) electrons. The van der Waals surface area contributed by atoms with Crippen LogP contribution in [0.4, 0.5) is 0 Å². The molecule has 0 unspecified atom stereocenters. The van der Waals surface area contributed by atoms with Crippen molar-refractivity contribution in [2.45, 2.75) is 6.42 Å². The highest BCUT2D eigenvalue weighted by molar-refractivity contribution is 6.30. The summed E-state index contributed by atoms with van der Waals surface area (Å²) in [4.78, 5) is 11.4. The number of carbonyl (C=O) groups excluding carboxylic acids is 1. The molecule has 5 heteroatoms. The van der Waals surface area contributed by atoms with Gasteiger partial charge in [-0.1, -0.05) is 23.7 Å². The quantitative estimate of drug-likeness (QED) is 0.793. The zero-order chi connectivity index (χ0) is 11.1. The van der Waals surface area contributed by atoms with Crippen LogP contribution in [0.5, 0.6) is 0 Å². The van der Waals surface area contributed by atoms with Gasteiger partial charge in [-0.3, -0.25) is 4.79 Å². The standard InChI is InChI=1S/C11H15ClN2O.ClH/c1-13-6-7-14-11(15)8-9-2-4-10(12)5-3-9;/h2-5,13H,6-8H2,1H3,(H,14,15);1H. The third kappa shape index (κ3) is 5.95. The first-order valence-corrected chi connectivity index (χ1v) is 5.26. The van der Waals surface area contributed by atoms with Crippen LogP contribution in [0.2, 0.25) is 5.02 Å². The van der Waals surface area contributed by atoms with Gasteiger partial charge in [0, 0.05) is 18.1 Å². The second kappa shape index (κ2) is 8.39. The number of rotatable bonds is 5. The van der Waals surface area contributed by atoms with E-state index in [1.165, 1.54) is 0 Å². The Kier molecular flexibility index (Phi) is 7.99. The van der Waals surface area contributed by atoms with Gasteiger partial charge in [-0.15, -0.1) is 12.4 Å². The summed E-state index contributed by atoms with van der Waals surface area (Å²) in [7, 11) is 1.85. The topological polar surface area (TPSA) is 41.1 Å². The molecule has 1 aromatic carbocycles. The van der Waals surface area contributed by atoms with Crippen LogP contribution in [0.25, 0.3) is 0 Å². The Labute approximate surface area is 107 Å². The van der Waals surface area contributed by atoms with Gasteiger partial charge in [-0.25, -0.2) is 0 Å². The Bertz CT molecular complexity index is 314. The number of hydrogen-bond acceptors (Lipinski definition) is 2. The molecule has 0 saturated carbocycles. The third-order valence-electron chi connectivity index (χ3n) is 1.98. The van der Waals surface area contributed by atoms with Crippen molar-refractivity contribution >= 4 is 29.9 Å². The molecule has 0 aliphatic heterocycles. The molecule has 3 nitrogen and oxygen atoms in total. The van der Waals surface area contributed by atoms with Crippen LogP contribution < -0.4 is 10.6 Å². The predicted octanol–water partition coefficient (Wildman–Crippen LogP) is 1.64. The molecule has 1 amide bonds. The maximum Gasteiger partial charge on any atom is 0.224 e. The molecule has 0 fully saturated rings. The summed E-state index contributed by atoms with van der Waals surface area (Å²) in [6.45, 7) is 1.44. The van der Waals surface area contributed by atoms with E-state index in [0.29, 0.717) is 18.0 Å². The Hall–Kier alpha value is -0.770. The highest BCUT2D eigenvalue weighted by Gasteiger charge is 2.01. The molecule has 1 aromatic rings. The van der Waals surface area contributed by atoms with Crippen LogP contribution in [0.1, 0.15) is 5.56 Å². The van der Waals surface area contributed by atoms with Crippen molar-refractivity contribution in [2.24, 2.45) is 0 Å². The van der Waals surface area contributed by atoms with E-state index in [1.807, 2.05) is 19.2 Å². The van der Waals surface area contributed by atoms with Gasteiger partial charge in [0.05, 0.1) is 6.42 Å². The van der Waals surface area contributed by atoms with Crippen LogP contribution >= 0.6 is 24.0 Å². The fourth-order valence-electron chi connectivity index (χ4n) is 1.18. The van der Waals surface area contributed by atoms with E-state index in [1.54, 1.807) is 12.1 Å². The Balaban J connectivity index is 0.00000225.